The Morgan fingerprint density at radius 3 is 2.78 bits per heavy atom. The van der Waals surface area contributed by atoms with E-state index in [2.05, 4.69) is 9.82 Å². The summed E-state index contributed by atoms with van der Waals surface area (Å²) in [6.45, 7) is 1.77. The first-order chi connectivity index (χ1) is 11.0. The average Bonchev–Trinajstić information content (AvgIpc) is 3.05. The van der Waals surface area contributed by atoms with Crippen LogP contribution in [-0.4, -0.2) is 24.2 Å². The van der Waals surface area contributed by atoms with E-state index in [4.69, 9.17) is 4.42 Å². The van der Waals surface area contributed by atoms with Crippen molar-refractivity contribution in [2.45, 2.75) is 24.6 Å². The summed E-state index contributed by atoms with van der Waals surface area (Å²) in [5.41, 5.74) is -0.257. The van der Waals surface area contributed by atoms with E-state index in [0.29, 0.717) is 5.39 Å². The van der Waals surface area contributed by atoms with Crippen molar-refractivity contribution in [3.05, 3.63) is 59.2 Å². The Kier molecular flexibility index (Phi) is 4.01. The highest BCUT2D eigenvalue weighted by Gasteiger charge is 2.20. The largest absolute Gasteiger partial charge is 0.452 e. The Morgan fingerprint density at radius 2 is 2.04 bits per heavy atom. The summed E-state index contributed by atoms with van der Waals surface area (Å²) in [7, 11) is -3.75. The first-order valence-corrected chi connectivity index (χ1v) is 8.46. The molecule has 0 aliphatic heterocycles. The van der Waals surface area contributed by atoms with Gasteiger partial charge in [0.1, 0.15) is 0 Å². The van der Waals surface area contributed by atoms with E-state index < -0.39 is 16.1 Å². The molecule has 3 aromatic rings. The second-order valence-corrected chi connectivity index (χ2v) is 6.82. The molecule has 120 valence electrons. The van der Waals surface area contributed by atoms with Gasteiger partial charge < -0.3 is 4.42 Å². The molecule has 0 saturated carbocycles. The normalized spacial score (nSPS) is 13.3. The Labute approximate surface area is 132 Å². The second-order valence-electron chi connectivity index (χ2n) is 5.17. The molecular weight excluding hydrogens is 318 g/mol. The molecule has 0 radical (unpaired) electrons. The number of benzene rings is 1. The molecule has 8 heteroatoms. The lowest BCUT2D eigenvalue weighted by Gasteiger charge is -2.14. The van der Waals surface area contributed by atoms with E-state index in [-0.39, 0.29) is 17.2 Å². The van der Waals surface area contributed by atoms with E-state index in [0.717, 1.165) is 5.39 Å². The number of hydrogen-bond acceptors (Lipinski definition) is 5. The minimum Gasteiger partial charge on any atom is -0.452 e. The van der Waals surface area contributed by atoms with E-state index in [9.17, 15) is 13.2 Å². The van der Waals surface area contributed by atoms with Crippen LogP contribution in [0, 0.1) is 0 Å². The zero-order valence-corrected chi connectivity index (χ0v) is 13.2. The number of hydrogen-bond donors (Lipinski definition) is 1. The summed E-state index contributed by atoms with van der Waals surface area (Å²) in [6.07, 6.45) is 2.87. The van der Waals surface area contributed by atoms with Crippen LogP contribution in [0.25, 0.3) is 10.8 Å². The smallest absolute Gasteiger partial charge is 0.274 e. The lowest BCUT2D eigenvalue weighted by atomic mass is 10.2. The molecule has 23 heavy (non-hydrogen) atoms. The van der Waals surface area contributed by atoms with Gasteiger partial charge in [-0.2, -0.15) is 5.10 Å². The van der Waals surface area contributed by atoms with Gasteiger partial charge in [0.25, 0.3) is 15.6 Å². The third-order valence-corrected chi connectivity index (χ3v) is 4.80. The zero-order chi connectivity index (χ0) is 16.4. The van der Waals surface area contributed by atoms with Crippen LogP contribution in [0.4, 0.5) is 0 Å². The molecule has 0 aliphatic rings. The maximum absolute atomic E-state index is 12.4. The van der Waals surface area contributed by atoms with Crippen LogP contribution in [0.3, 0.4) is 0 Å². The van der Waals surface area contributed by atoms with Crippen LogP contribution in [0.15, 0.2) is 63.2 Å². The van der Waals surface area contributed by atoms with E-state index in [1.54, 1.807) is 31.3 Å². The number of furan rings is 1. The number of fused-ring (bicyclic) bond motifs is 1. The molecule has 0 amide bonds. The van der Waals surface area contributed by atoms with Gasteiger partial charge in [0.05, 0.1) is 24.4 Å². The summed E-state index contributed by atoms with van der Waals surface area (Å²) in [6, 6.07) is 9.44. The maximum atomic E-state index is 12.4. The minimum atomic E-state index is -3.75. The van der Waals surface area contributed by atoms with Gasteiger partial charge >= 0.3 is 0 Å². The minimum absolute atomic E-state index is 0.115. The predicted molar refractivity (Wildman–Crippen MR) is 84.5 cm³/mol. The van der Waals surface area contributed by atoms with Crippen LogP contribution in [0.1, 0.15) is 6.92 Å². The lowest BCUT2D eigenvalue weighted by Crippen LogP contribution is -2.38. The topological polar surface area (TPSA) is 94.2 Å². The molecule has 0 spiro atoms. The highest BCUT2D eigenvalue weighted by molar-refractivity contribution is 7.89. The first kappa shape index (κ1) is 15.4. The predicted octanol–water partition coefficient (Wildman–Crippen LogP) is 1.36. The number of sulfonamides is 1. The first-order valence-electron chi connectivity index (χ1n) is 6.98. The van der Waals surface area contributed by atoms with Crippen LogP contribution in [0.5, 0.6) is 0 Å². The summed E-state index contributed by atoms with van der Waals surface area (Å²) < 4.78 is 32.8. The Bertz CT molecular complexity index is 977. The van der Waals surface area contributed by atoms with Gasteiger partial charge in [0.15, 0.2) is 0 Å². The van der Waals surface area contributed by atoms with Crippen LogP contribution in [0.2, 0.25) is 0 Å². The van der Waals surface area contributed by atoms with Crippen molar-refractivity contribution in [3.8, 4) is 0 Å². The van der Waals surface area contributed by atoms with Crippen molar-refractivity contribution in [2.24, 2.45) is 0 Å². The third-order valence-electron chi connectivity index (χ3n) is 3.32. The summed E-state index contributed by atoms with van der Waals surface area (Å²) in [5.74, 6) is 0. The van der Waals surface area contributed by atoms with Crippen molar-refractivity contribution < 1.29 is 12.8 Å². The van der Waals surface area contributed by atoms with Crippen molar-refractivity contribution in [1.29, 1.82) is 0 Å². The Hall–Kier alpha value is -2.45. The molecule has 0 saturated heterocycles. The van der Waals surface area contributed by atoms with Gasteiger partial charge in [-0.3, -0.25) is 4.79 Å². The Morgan fingerprint density at radius 1 is 1.26 bits per heavy atom. The molecule has 2 aromatic heterocycles. The monoisotopic (exact) mass is 333 g/mol. The van der Waals surface area contributed by atoms with Crippen molar-refractivity contribution in [2.75, 3.05) is 0 Å². The van der Waals surface area contributed by atoms with Gasteiger partial charge in [-0.25, -0.2) is 17.8 Å². The SMILES string of the molecule is CC(Cn1ncc2ccccc2c1=O)NS(=O)(=O)c1ccco1. The molecule has 0 aliphatic carbocycles. The molecular formula is C15H15N3O4S. The molecule has 0 fully saturated rings. The van der Waals surface area contributed by atoms with Crippen LogP contribution in [-0.2, 0) is 16.6 Å². The van der Waals surface area contributed by atoms with Gasteiger partial charge in [0.2, 0.25) is 5.09 Å². The molecule has 7 nitrogen and oxygen atoms in total. The molecule has 0 bridgehead atoms. The van der Waals surface area contributed by atoms with Crippen molar-refractivity contribution in [3.63, 3.8) is 0 Å². The van der Waals surface area contributed by atoms with Crippen LogP contribution >= 0.6 is 0 Å². The van der Waals surface area contributed by atoms with E-state index >= 15 is 0 Å². The lowest BCUT2D eigenvalue weighted by molar-refractivity contribution is 0.432. The highest BCUT2D eigenvalue weighted by Crippen LogP contribution is 2.10. The zero-order valence-electron chi connectivity index (χ0n) is 12.3. The van der Waals surface area contributed by atoms with Gasteiger partial charge in [-0.15, -0.1) is 0 Å². The third kappa shape index (κ3) is 3.17. The summed E-state index contributed by atoms with van der Waals surface area (Å²) >= 11 is 0. The number of rotatable bonds is 5. The molecule has 1 N–H and O–H groups in total. The summed E-state index contributed by atoms with van der Waals surface area (Å²) in [4.78, 5) is 12.4. The fourth-order valence-corrected chi connectivity index (χ4v) is 3.45. The maximum Gasteiger partial charge on any atom is 0.274 e. The summed E-state index contributed by atoms with van der Waals surface area (Å²) in [5, 5.41) is 5.21. The molecule has 2 heterocycles. The van der Waals surface area contributed by atoms with E-state index in [1.807, 2.05) is 6.07 Å². The van der Waals surface area contributed by atoms with Gasteiger partial charge in [-0.05, 0) is 25.1 Å². The van der Waals surface area contributed by atoms with Gasteiger partial charge in [-0.1, -0.05) is 18.2 Å². The standard InChI is InChI=1S/C15H15N3O4S/c1-11(17-23(20,21)14-7-4-8-22-14)10-18-15(19)13-6-3-2-5-12(13)9-16-18/h2-9,11,17H,10H2,1H3. The van der Waals surface area contributed by atoms with Crippen LogP contribution < -0.4 is 10.3 Å². The number of nitrogens with one attached hydrogen (secondary N) is 1. The fourth-order valence-electron chi connectivity index (χ4n) is 2.29. The highest BCUT2D eigenvalue weighted by atomic mass is 32.2. The van der Waals surface area contributed by atoms with Gasteiger partial charge in [0, 0.05) is 11.4 Å². The average molecular weight is 333 g/mol. The second kappa shape index (κ2) is 5.98. The number of aromatic nitrogens is 2. The van der Waals surface area contributed by atoms with Crippen molar-refractivity contribution in [1.82, 2.24) is 14.5 Å². The molecule has 1 atom stereocenters. The number of nitrogens with zero attached hydrogens (tertiary/aromatic N) is 2. The molecule has 1 unspecified atom stereocenters. The quantitative estimate of drug-likeness (QED) is 0.761. The molecule has 3 rings (SSSR count). The van der Waals surface area contributed by atoms with E-state index in [1.165, 1.54) is 23.1 Å². The molecule has 1 aromatic carbocycles. The van der Waals surface area contributed by atoms with Crippen molar-refractivity contribution >= 4 is 20.8 Å². The fraction of sp³-hybridized carbons (Fsp3) is 0.200. The Balaban J connectivity index is 1.82.